The molecule has 1 aromatic heterocycles. The molecule has 2 N–H and O–H groups in total. The predicted octanol–water partition coefficient (Wildman–Crippen LogP) is 5.25. The molecule has 0 aliphatic heterocycles. The van der Waals surface area contributed by atoms with E-state index in [9.17, 15) is 4.79 Å². The van der Waals surface area contributed by atoms with Crippen LogP contribution in [0.25, 0.3) is 0 Å². The van der Waals surface area contributed by atoms with Gasteiger partial charge >= 0.3 is 0 Å². The molecule has 0 fully saturated rings. The lowest BCUT2D eigenvalue weighted by Crippen LogP contribution is -2.14. The van der Waals surface area contributed by atoms with Crippen molar-refractivity contribution in [1.82, 2.24) is 10.2 Å². The summed E-state index contributed by atoms with van der Waals surface area (Å²) in [5.41, 5.74) is 6.48. The maximum atomic E-state index is 12.2. The van der Waals surface area contributed by atoms with Crippen LogP contribution < -0.4 is 10.6 Å². The molecule has 2 aromatic carbocycles. The number of rotatable bonds is 6. The highest BCUT2D eigenvalue weighted by Gasteiger charge is 2.10. The molecule has 5 nitrogen and oxygen atoms in total. The zero-order valence-electron chi connectivity index (χ0n) is 15.8. The Hall–Kier alpha value is -2.38. The second-order valence-electron chi connectivity index (χ2n) is 6.47. The quantitative estimate of drug-likeness (QED) is 0.555. The fourth-order valence-corrected chi connectivity index (χ4v) is 4.22. The molecular formula is C20H22N4OS2. The number of carbonyl (C=O) groups is 1. The third-order valence-electron chi connectivity index (χ3n) is 4.01. The highest BCUT2D eigenvalue weighted by Crippen LogP contribution is 2.29. The summed E-state index contributed by atoms with van der Waals surface area (Å²) in [5.74, 6) is 0.247. The van der Waals surface area contributed by atoms with Gasteiger partial charge in [0, 0.05) is 11.4 Å². The third kappa shape index (κ3) is 5.30. The Labute approximate surface area is 167 Å². The van der Waals surface area contributed by atoms with E-state index >= 15 is 0 Å². The summed E-state index contributed by atoms with van der Waals surface area (Å²) in [5, 5.41) is 15.3. The van der Waals surface area contributed by atoms with E-state index in [0.29, 0.717) is 5.75 Å². The number of amides is 1. The third-order valence-corrected chi connectivity index (χ3v) is 5.98. The Bertz CT molecular complexity index is 968. The summed E-state index contributed by atoms with van der Waals surface area (Å²) >= 11 is 2.83. The molecule has 0 radical (unpaired) electrons. The summed E-state index contributed by atoms with van der Waals surface area (Å²) in [6.07, 6.45) is 0. The van der Waals surface area contributed by atoms with Crippen LogP contribution in [0.15, 0.2) is 40.7 Å². The zero-order chi connectivity index (χ0) is 19.4. The highest BCUT2D eigenvalue weighted by atomic mass is 32.2. The maximum Gasteiger partial charge on any atom is 0.234 e. The largest absolute Gasteiger partial charge is 0.330 e. The lowest BCUT2D eigenvalue weighted by Gasteiger charge is -2.08. The van der Waals surface area contributed by atoms with Crippen molar-refractivity contribution in [2.45, 2.75) is 32.0 Å². The predicted molar refractivity (Wildman–Crippen MR) is 114 cm³/mol. The fraction of sp³-hybridized carbons (Fsp3) is 0.250. The molecule has 3 rings (SSSR count). The number of nitrogens with zero attached hydrogens (tertiary/aromatic N) is 2. The second kappa shape index (κ2) is 8.54. The molecule has 1 heterocycles. The molecule has 0 saturated heterocycles. The van der Waals surface area contributed by atoms with E-state index in [1.165, 1.54) is 34.2 Å². The van der Waals surface area contributed by atoms with Gasteiger partial charge in [0.05, 0.1) is 5.75 Å². The van der Waals surface area contributed by atoms with E-state index in [2.05, 4.69) is 52.9 Å². The van der Waals surface area contributed by atoms with Crippen LogP contribution in [0.2, 0.25) is 0 Å². The first-order valence-electron chi connectivity index (χ1n) is 8.58. The van der Waals surface area contributed by atoms with E-state index in [1.54, 1.807) is 0 Å². The van der Waals surface area contributed by atoms with Gasteiger partial charge in [0.2, 0.25) is 11.0 Å². The van der Waals surface area contributed by atoms with Crippen LogP contribution in [-0.4, -0.2) is 21.9 Å². The average Bonchev–Trinajstić information content (AvgIpc) is 3.06. The Morgan fingerprint density at radius 1 is 0.963 bits per heavy atom. The minimum Gasteiger partial charge on any atom is -0.330 e. The number of benzene rings is 2. The van der Waals surface area contributed by atoms with Crippen LogP contribution >= 0.6 is 23.1 Å². The summed E-state index contributed by atoms with van der Waals surface area (Å²) in [6, 6.07) is 12.2. The number of hydrogen-bond donors (Lipinski definition) is 2. The molecule has 0 bridgehead atoms. The summed E-state index contributed by atoms with van der Waals surface area (Å²) in [4.78, 5) is 12.2. The monoisotopic (exact) mass is 398 g/mol. The standard InChI is InChI=1S/C20H22N4OS2/c1-12-5-7-16(14(3)9-12)21-18(25)11-26-20-24-23-19(27-20)22-17-8-6-13(2)10-15(17)4/h5-10H,11H2,1-4H3,(H,21,25)(H,22,23). The summed E-state index contributed by atoms with van der Waals surface area (Å²) in [7, 11) is 0. The Kier molecular flexibility index (Phi) is 6.13. The van der Waals surface area contributed by atoms with Crippen LogP contribution in [0.4, 0.5) is 16.5 Å². The van der Waals surface area contributed by atoms with Gasteiger partial charge in [0.15, 0.2) is 4.34 Å². The Morgan fingerprint density at radius 3 is 2.22 bits per heavy atom. The molecule has 1 amide bonds. The van der Waals surface area contributed by atoms with Crippen LogP contribution in [0, 0.1) is 27.7 Å². The molecule has 0 atom stereocenters. The van der Waals surface area contributed by atoms with Gasteiger partial charge in [-0.25, -0.2) is 0 Å². The van der Waals surface area contributed by atoms with Crippen molar-refractivity contribution in [3.8, 4) is 0 Å². The van der Waals surface area contributed by atoms with Gasteiger partial charge in [-0.15, -0.1) is 10.2 Å². The first-order chi connectivity index (χ1) is 12.9. The molecule has 3 aromatic rings. The van der Waals surface area contributed by atoms with Crippen molar-refractivity contribution in [2.24, 2.45) is 0 Å². The molecule has 27 heavy (non-hydrogen) atoms. The van der Waals surface area contributed by atoms with Crippen molar-refractivity contribution in [3.05, 3.63) is 58.7 Å². The SMILES string of the molecule is Cc1ccc(NC(=O)CSc2nnc(Nc3ccc(C)cc3C)s2)c(C)c1. The average molecular weight is 399 g/mol. The van der Waals surface area contributed by atoms with Crippen LogP contribution in [0.5, 0.6) is 0 Å². The topological polar surface area (TPSA) is 66.9 Å². The van der Waals surface area contributed by atoms with Crippen molar-refractivity contribution in [3.63, 3.8) is 0 Å². The number of hydrogen-bond acceptors (Lipinski definition) is 6. The van der Waals surface area contributed by atoms with Gasteiger partial charge in [0.25, 0.3) is 0 Å². The van der Waals surface area contributed by atoms with Crippen LogP contribution in [-0.2, 0) is 4.79 Å². The normalized spacial score (nSPS) is 10.7. The Balaban J connectivity index is 1.55. The lowest BCUT2D eigenvalue weighted by molar-refractivity contribution is -0.113. The molecule has 0 saturated carbocycles. The molecule has 0 aliphatic carbocycles. The zero-order valence-corrected chi connectivity index (χ0v) is 17.4. The van der Waals surface area contributed by atoms with Gasteiger partial charge in [-0.1, -0.05) is 58.5 Å². The minimum atomic E-state index is -0.0500. The maximum absolute atomic E-state index is 12.2. The molecule has 140 valence electrons. The molecule has 0 spiro atoms. The smallest absolute Gasteiger partial charge is 0.234 e. The number of anilines is 3. The van der Waals surface area contributed by atoms with Gasteiger partial charge < -0.3 is 10.6 Å². The molecular weight excluding hydrogens is 376 g/mol. The number of thioether (sulfide) groups is 1. The van der Waals surface area contributed by atoms with Crippen molar-refractivity contribution in [2.75, 3.05) is 16.4 Å². The van der Waals surface area contributed by atoms with E-state index in [-0.39, 0.29) is 5.91 Å². The lowest BCUT2D eigenvalue weighted by atomic mass is 10.1. The van der Waals surface area contributed by atoms with Gasteiger partial charge in [0.1, 0.15) is 0 Å². The molecule has 0 aliphatic rings. The summed E-state index contributed by atoms with van der Waals surface area (Å²) in [6.45, 7) is 8.15. The van der Waals surface area contributed by atoms with Gasteiger partial charge in [-0.05, 0) is 51.0 Å². The van der Waals surface area contributed by atoms with Crippen molar-refractivity contribution >= 4 is 45.5 Å². The second-order valence-corrected chi connectivity index (χ2v) is 8.67. The van der Waals surface area contributed by atoms with Crippen molar-refractivity contribution < 1.29 is 4.79 Å². The number of aryl methyl sites for hydroxylation is 4. The molecule has 0 unspecified atom stereocenters. The van der Waals surface area contributed by atoms with Crippen LogP contribution in [0.1, 0.15) is 22.3 Å². The van der Waals surface area contributed by atoms with E-state index < -0.39 is 0 Å². The van der Waals surface area contributed by atoms with E-state index in [1.807, 2.05) is 32.0 Å². The number of aromatic nitrogens is 2. The summed E-state index contributed by atoms with van der Waals surface area (Å²) < 4.78 is 0.762. The van der Waals surface area contributed by atoms with Crippen molar-refractivity contribution in [1.29, 1.82) is 0 Å². The van der Waals surface area contributed by atoms with Crippen LogP contribution in [0.3, 0.4) is 0 Å². The van der Waals surface area contributed by atoms with Gasteiger partial charge in [-0.2, -0.15) is 0 Å². The first-order valence-corrected chi connectivity index (χ1v) is 10.4. The van der Waals surface area contributed by atoms with E-state index in [4.69, 9.17) is 0 Å². The molecule has 7 heteroatoms. The van der Waals surface area contributed by atoms with Gasteiger partial charge in [-0.3, -0.25) is 4.79 Å². The first kappa shape index (κ1) is 19.4. The van der Waals surface area contributed by atoms with E-state index in [0.717, 1.165) is 32.0 Å². The fourth-order valence-electron chi connectivity index (χ4n) is 2.66. The number of carbonyl (C=O) groups excluding carboxylic acids is 1. The Morgan fingerprint density at radius 2 is 1.59 bits per heavy atom. The minimum absolute atomic E-state index is 0.0500. The highest BCUT2D eigenvalue weighted by molar-refractivity contribution is 8.01. The number of nitrogens with one attached hydrogen (secondary N) is 2.